The summed E-state index contributed by atoms with van der Waals surface area (Å²) in [6, 6.07) is 24.7. The molecule has 4 atom stereocenters. The molecule has 0 saturated carbocycles. The number of hydrogen-bond donors (Lipinski definition) is 1. The summed E-state index contributed by atoms with van der Waals surface area (Å²) in [6.07, 6.45) is 0.434. The maximum absolute atomic E-state index is 12.3. The van der Waals surface area contributed by atoms with E-state index in [1.807, 2.05) is 50.2 Å². The van der Waals surface area contributed by atoms with Gasteiger partial charge in [-0.25, -0.2) is 0 Å². The lowest BCUT2D eigenvalue weighted by Gasteiger charge is -2.50. The quantitative estimate of drug-likeness (QED) is 0.385. The van der Waals surface area contributed by atoms with Gasteiger partial charge in [-0.1, -0.05) is 69.3 Å². The molecule has 2 heterocycles. The highest BCUT2D eigenvalue weighted by atomic mass is 16.6. The molecule has 2 aliphatic rings. The SMILES string of the molecule is CC(C)(C)c1ccc(OC[C@@H]2O[C@@H]3c4cc(Cc5ccccc5)ccc4OC(C)(C)[C@H]3C[C@@H]2C(=O)O)cc1. The fraction of sp³-hybridized carbons (Fsp3) is 0.424. The van der Waals surface area contributed by atoms with E-state index in [0.717, 1.165) is 17.7 Å². The molecule has 5 nitrogen and oxygen atoms in total. The first-order valence-corrected chi connectivity index (χ1v) is 13.5. The highest BCUT2D eigenvalue weighted by molar-refractivity contribution is 5.71. The third-order valence-electron chi connectivity index (χ3n) is 7.99. The van der Waals surface area contributed by atoms with Crippen LogP contribution in [0.5, 0.6) is 11.5 Å². The zero-order valence-corrected chi connectivity index (χ0v) is 22.9. The minimum atomic E-state index is -0.862. The minimum Gasteiger partial charge on any atom is -0.491 e. The van der Waals surface area contributed by atoms with Crippen LogP contribution in [0.25, 0.3) is 0 Å². The number of carboxylic acids is 1. The predicted octanol–water partition coefficient (Wildman–Crippen LogP) is 6.97. The number of rotatable bonds is 6. The van der Waals surface area contributed by atoms with Crippen LogP contribution in [0.15, 0.2) is 72.8 Å². The van der Waals surface area contributed by atoms with E-state index in [2.05, 4.69) is 57.2 Å². The second kappa shape index (κ2) is 10.1. The number of benzene rings is 3. The summed E-state index contributed by atoms with van der Waals surface area (Å²) in [5.74, 6) is -0.114. The monoisotopic (exact) mass is 514 g/mol. The van der Waals surface area contributed by atoms with E-state index in [1.54, 1.807) is 0 Å². The zero-order valence-electron chi connectivity index (χ0n) is 22.9. The molecule has 0 aliphatic carbocycles. The summed E-state index contributed by atoms with van der Waals surface area (Å²) < 4.78 is 19.2. The van der Waals surface area contributed by atoms with Crippen LogP contribution in [0, 0.1) is 11.8 Å². The Bertz CT molecular complexity index is 1270. The number of hydrogen-bond acceptors (Lipinski definition) is 4. The van der Waals surface area contributed by atoms with Crippen molar-refractivity contribution in [2.75, 3.05) is 6.61 Å². The van der Waals surface area contributed by atoms with Crippen LogP contribution >= 0.6 is 0 Å². The first-order chi connectivity index (χ1) is 18.0. The number of carboxylic acid groups (broad SMARTS) is 1. The topological polar surface area (TPSA) is 65.0 Å². The smallest absolute Gasteiger partial charge is 0.309 e. The summed E-state index contributed by atoms with van der Waals surface area (Å²) in [7, 11) is 0. The number of aliphatic carboxylic acids is 1. The van der Waals surface area contributed by atoms with Gasteiger partial charge in [-0.2, -0.15) is 0 Å². The molecule has 38 heavy (non-hydrogen) atoms. The Morgan fingerprint density at radius 3 is 2.37 bits per heavy atom. The Kier molecular flexibility index (Phi) is 6.99. The van der Waals surface area contributed by atoms with Gasteiger partial charge in [0.25, 0.3) is 0 Å². The average Bonchev–Trinajstić information content (AvgIpc) is 2.87. The van der Waals surface area contributed by atoms with E-state index >= 15 is 0 Å². The molecular formula is C33H38O5. The van der Waals surface area contributed by atoms with Gasteiger partial charge in [-0.3, -0.25) is 4.79 Å². The van der Waals surface area contributed by atoms with Crippen LogP contribution in [-0.4, -0.2) is 29.4 Å². The van der Waals surface area contributed by atoms with Crippen molar-refractivity contribution in [3.63, 3.8) is 0 Å². The molecule has 2 aliphatic heterocycles. The molecule has 1 saturated heterocycles. The second-order valence-electron chi connectivity index (χ2n) is 12.2. The number of fused-ring (bicyclic) bond motifs is 3. The number of carbonyl (C=O) groups is 1. The van der Waals surface area contributed by atoms with Crippen LogP contribution in [0.1, 0.15) is 69.4 Å². The van der Waals surface area contributed by atoms with E-state index in [4.69, 9.17) is 14.2 Å². The largest absolute Gasteiger partial charge is 0.491 e. The average molecular weight is 515 g/mol. The molecule has 0 radical (unpaired) electrons. The van der Waals surface area contributed by atoms with Crippen LogP contribution < -0.4 is 9.47 Å². The van der Waals surface area contributed by atoms with Crippen molar-refractivity contribution in [3.05, 3.63) is 95.1 Å². The predicted molar refractivity (Wildman–Crippen MR) is 148 cm³/mol. The molecule has 0 unspecified atom stereocenters. The van der Waals surface area contributed by atoms with Crippen LogP contribution in [-0.2, 0) is 21.4 Å². The van der Waals surface area contributed by atoms with Gasteiger partial charge in [0.05, 0.1) is 12.0 Å². The van der Waals surface area contributed by atoms with Crippen molar-refractivity contribution in [3.8, 4) is 11.5 Å². The Morgan fingerprint density at radius 1 is 1.00 bits per heavy atom. The van der Waals surface area contributed by atoms with Crippen LogP contribution in [0.3, 0.4) is 0 Å². The Hall–Kier alpha value is -3.31. The molecule has 0 aromatic heterocycles. The zero-order chi connectivity index (χ0) is 27.1. The fourth-order valence-electron chi connectivity index (χ4n) is 5.72. The van der Waals surface area contributed by atoms with Crippen molar-refractivity contribution in [2.24, 2.45) is 11.8 Å². The molecule has 200 valence electrons. The highest BCUT2D eigenvalue weighted by Gasteiger charge is 2.52. The molecule has 3 aromatic rings. The summed E-state index contributed by atoms with van der Waals surface area (Å²) in [6.45, 7) is 10.7. The lowest BCUT2D eigenvalue weighted by atomic mass is 9.71. The summed E-state index contributed by atoms with van der Waals surface area (Å²) in [5, 5.41) is 10.1. The molecule has 0 spiro atoms. The standard InChI is InChI=1S/C33H38O5/c1-32(2,3)23-12-14-24(15-13-23)36-20-29-26(31(34)35)19-27-30(37-29)25-18-22(17-21-9-7-6-8-10-21)11-16-28(25)38-33(27,4)5/h6-16,18,26-27,29-30H,17,19-20H2,1-5H3,(H,34,35)/t26-,27-,29-,30+/m0/s1. The maximum atomic E-state index is 12.3. The van der Waals surface area contributed by atoms with E-state index in [-0.39, 0.29) is 24.0 Å². The molecule has 5 rings (SSSR count). The van der Waals surface area contributed by atoms with Crippen molar-refractivity contribution in [1.29, 1.82) is 0 Å². The fourth-order valence-corrected chi connectivity index (χ4v) is 5.72. The molecule has 0 bridgehead atoms. The second-order valence-corrected chi connectivity index (χ2v) is 12.2. The third kappa shape index (κ3) is 5.44. The Morgan fingerprint density at radius 2 is 1.71 bits per heavy atom. The highest BCUT2D eigenvalue weighted by Crippen LogP contribution is 2.52. The van der Waals surface area contributed by atoms with Crippen molar-refractivity contribution in [1.82, 2.24) is 0 Å². The Balaban J connectivity index is 1.39. The first kappa shape index (κ1) is 26.3. The molecular weight excluding hydrogens is 476 g/mol. The minimum absolute atomic E-state index is 0.0526. The summed E-state index contributed by atoms with van der Waals surface area (Å²) >= 11 is 0. The van der Waals surface area contributed by atoms with Gasteiger partial charge in [-0.05, 0) is 73.1 Å². The molecule has 5 heteroatoms. The van der Waals surface area contributed by atoms with Crippen molar-refractivity contribution >= 4 is 5.97 Å². The van der Waals surface area contributed by atoms with Gasteiger partial charge < -0.3 is 19.3 Å². The van der Waals surface area contributed by atoms with Gasteiger partial charge in [-0.15, -0.1) is 0 Å². The maximum Gasteiger partial charge on any atom is 0.309 e. The molecule has 0 amide bonds. The van der Waals surface area contributed by atoms with Crippen LogP contribution in [0.4, 0.5) is 0 Å². The van der Waals surface area contributed by atoms with Crippen LogP contribution in [0.2, 0.25) is 0 Å². The van der Waals surface area contributed by atoms with E-state index < -0.39 is 23.6 Å². The van der Waals surface area contributed by atoms with E-state index in [9.17, 15) is 9.90 Å². The normalized spacial score (nSPS) is 24.0. The summed E-state index contributed by atoms with van der Waals surface area (Å²) in [4.78, 5) is 12.3. The summed E-state index contributed by atoms with van der Waals surface area (Å²) in [5.41, 5.74) is 4.12. The van der Waals surface area contributed by atoms with Gasteiger partial charge in [0.15, 0.2) is 0 Å². The van der Waals surface area contributed by atoms with Gasteiger partial charge in [0.2, 0.25) is 0 Å². The van der Waals surface area contributed by atoms with Gasteiger partial charge >= 0.3 is 5.97 Å². The number of ether oxygens (including phenoxy) is 3. The lowest BCUT2D eigenvalue weighted by Crippen LogP contribution is -2.53. The van der Waals surface area contributed by atoms with Crippen molar-refractivity contribution < 1.29 is 24.1 Å². The molecule has 1 N–H and O–H groups in total. The molecule has 1 fully saturated rings. The van der Waals surface area contributed by atoms with Gasteiger partial charge in [0.1, 0.15) is 29.8 Å². The van der Waals surface area contributed by atoms with E-state index in [1.165, 1.54) is 16.7 Å². The first-order valence-electron chi connectivity index (χ1n) is 13.5. The van der Waals surface area contributed by atoms with Crippen molar-refractivity contribution in [2.45, 2.75) is 70.7 Å². The molecule has 3 aromatic carbocycles. The third-order valence-corrected chi connectivity index (χ3v) is 7.99. The van der Waals surface area contributed by atoms with E-state index in [0.29, 0.717) is 12.2 Å². The lowest BCUT2D eigenvalue weighted by molar-refractivity contribution is -0.192. The van der Waals surface area contributed by atoms with Gasteiger partial charge in [0, 0.05) is 11.5 Å². The Labute approximate surface area is 225 Å².